The highest BCUT2D eigenvalue weighted by molar-refractivity contribution is 6.33. The minimum absolute atomic E-state index is 0.0928. The molecule has 13 heavy (non-hydrogen) atoms. The number of hydrogen-bond donors (Lipinski definition) is 1. The fourth-order valence-electron chi connectivity index (χ4n) is 0.795. The Morgan fingerprint density at radius 1 is 1.54 bits per heavy atom. The molecule has 0 atom stereocenters. The quantitative estimate of drug-likeness (QED) is 0.390. The molecule has 1 aromatic carbocycles. The monoisotopic (exact) mass is 197 g/mol. The molecule has 66 valence electrons. The molecule has 0 amide bonds. The molecule has 2 nitrogen and oxygen atoms in total. The van der Waals surface area contributed by atoms with Crippen molar-refractivity contribution in [1.29, 1.82) is 0 Å². The summed E-state index contributed by atoms with van der Waals surface area (Å²) in [6, 6.07) is 2.21. The molecule has 0 saturated carbocycles. The maximum Gasteiger partial charge on any atom is 0.193 e. The Balaban J connectivity index is 3.28. The minimum Gasteiger partial charge on any atom is -0.397 e. The molecular formula is C9H5ClFNO. The summed E-state index contributed by atoms with van der Waals surface area (Å²) in [5, 5.41) is 0.0928. The highest BCUT2D eigenvalue weighted by Crippen LogP contribution is 2.23. The molecule has 0 radical (unpaired) electrons. The van der Waals surface area contributed by atoms with Gasteiger partial charge in [-0.1, -0.05) is 17.5 Å². The molecule has 4 heteroatoms. The number of carbonyl (C=O) groups is 1. The number of benzene rings is 1. The van der Waals surface area contributed by atoms with Gasteiger partial charge in [0, 0.05) is 0 Å². The van der Waals surface area contributed by atoms with Crippen LogP contribution in [0.25, 0.3) is 0 Å². The Kier molecular flexibility index (Phi) is 2.88. The fraction of sp³-hybridized carbons (Fsp3) is 0. The molecule has 2 N–H and O–H groups in total. The van der Waals surface area contributed by atoms with Crippen molar-refractivity contribution in [2.24, 2.45) is 0 Å². The summed E-state index contributed by atoms with van der Waals surface area (Å²) >= 11 is 5.58. The average Bonchev–Trinajstić information content (AvgIpc) is 2.09. The van der Waals surface area contributed by atoms with E-state index in [9.17, 15) is 9.18 Å². The molecule has 0 saturated heterocycles. The molecule has 0 aromatic heterocycles. The summed E-state index contributed by atoms with van der Waals surface area (Å²) in [6.45, 7) is 0. The van der Waals surface area contributed by atoms with Crippen LogP contribution in [0.4, 0.5) is 10.1 Å². The van der Waals surface area contributed by atoms with E-state index in [-0.39, 0.29) is 16.3 Å². The van der Waals surface area contributed by atoms with Gasteiger partial charge in [0.25, 0.3) is 0 Å². The van der Waals surface area contributed by atoms with E-state index in [4.69, 9.17) is 17.3 Å². The standard InChI is InChI=1S/C9H5ClFNO/c10-8-5-7(11)4-6(9(8)12)2-1-3-13/h3-5H,12H2. The van der Waals surface area contributed by atoms with Crippen LogP contribution in [-0.4, -0.2) is 6.29 Å². The predicted molar refractivity (Wildman–Crippen MR) is 48.8 cm³/mol. The van der Waals surface area contributed by atoms with Gasteiger partial charge < -0.3 is 5.73 Å². The van der Waals surface area contributed by atoms with Gasteiger partial charge in [-0.25, -0.2) is 4.39 Å². The van der Waals surface area contributed by atoms with Crippen LogP contribution in [0.1, 0.15) is 5.56 Å². The number of rotatable bonds is 0. The molecule has 1 aromatic rings. The van der Waals surface area contributed by atoms with Gasteiger partial charge in [-0.3, -0.25) is 4.79 Å². The molecule has 0 heterocycles. The van der Waals surface area contributed by atoms with Gasteiger partial charge in [0.15, 0.2) is 6.29 Å². The average molecular weight is 198 g/mol. The molecule has 0 spiro atoms. The molecule has 0 unspecified atom stereocenters. The van der Waals surface area contributed by atoms with Gasteiger partial charge in [-0.2, -0.15) is 0 Å². The van der Waals surface area contributed by atoms with Crippen molar-refractivity contribution in [3.63, 3.8) is 0 Å². The Hall–Kier alpha value is -1.53. The second kappa shape index (κ2) is 3.92. The smallest absolute Gasteiger partial charge is 0.193 e. The number of halogens is 2. The van der Waals surface area contributed by atoms with Gasteiger partial charge in [-0.05, 0) is 18.1 Å². The van der Waals surface area contributed by atoms with E-state index >= 15 is 0 Å². The SMILES string of the molecule is Nc1c(Cl)cc(F)cc1C#CC=O. The van der Waals surface area contributed by atoms with E-state index in [1.54, 1.807) is 0 Å². The van der Waals surface area contributed by atoms with Gasteiger partial charge in [0.2, 0.25) is 0 Å². The summed E-state index contributed by atoms with van der Waals surface area (Å²) in [5.74, 6) is 3.97. The van der Waals surface area contributed by atoms with Crippen molar-refractivity contribution < 1.29 is 9.18 Å². The van der Waals surface area contributed by atoms with E-state index < -0.39 is 5.82 Å². The van der Waals surface area contributed by atoms with Gasteiger partial charge >= 0.3 is 0 Å². The number of anilines is 1. The van der Waals surface area contributed by atoms with Gasteiger partial charge in [-0.15, -0.1) is 0 Å². The van der Waals surface area contributed by atoms with Crippen LogP contribution < -0.4 is 5.73 Å². The van der Waals surface area contributed by atoms with Crippen molar-refractivity contribution >= 4 is 23.6 Å². The molecule has 0 fully saturated rings. The van der Waals surface area contributed by atoms with Crippen molar-refractivity contribution in [2.45, 2.75) is 0 Å². The van der Waals surface area contributed by atoms with Crippen molar-refractivity contribution in [2.75, 3.05) is 5.73 Å². The number of carbonyl (C=O) groups excluding carboxylic acids is 1. The molecule has 0 bridgehead atoms. The lowest BCUT2D eigenvalue weighted by molar-refractivity contribution is -0.103. The lowest BCUT2D eigenvalue weighted by Gasteiger charge is -2.00. The lowest BCUT2D eigenvalue weighted by atomic mass is 10.2. The first-order valence-corrected chi connectivity index (χ1v) is 3.72. The van der Waals surface area contributed by atoms with Crippen molar-refractivity contribution in [3.8, 4) is 11.8 Å². The largest absolute Gasteiger partial charge is 0.397 e. The van der Waals surface area contributed by atoms with E-state index in [1.807, 2.05) is 0 Å². The van der Waals surface area contributed by atoms with E-state index in [0.717, 1.165) is 12.1 Å². The predicted octanol–water partition coefficient (Wildman–Crippen LogP) is 1.61. The third kappa shape index (κ3) is 2.20. The topological polar surface area (TPSA) is 43.1 Å². The van der Waals surface area contributed by atoms with Gasteiger partial charge in [0.05, 0.1) is 16.3 Å². The van der Waals surface area contributed by atoms with Crippen LogP contribution in [-0.2, 0) is 4.79 Å². The third-order valence-corrected chi connectivity index (χ3v) is 1.67. The Bertz CT molecular complexity index is 406. The summed E-state index contributed by atoms with van der Waals surface area (Å²) in [6.07, 6.45) is 0.401. The Morgan fingerprint density at radius 3 is 2.85 bits per heavy atom. The normalized spacial score (nSPS) is 8.77. The molecule has 0 aliphatic rings. The van der Waals surface area contributed by atoms with E-state index in [0.29, 0.717) is 6.29 Å². The highest BCUT2D eigenvalue weighted by atomic mass is 35.5. The maximum absolute atomic E-state index is 12.7. The highest BCUT2D eigenvalue weighted by Gasteiger charge is 2.03. The number of nitrogen functional groups attached to an aromatic ring is 1. The lowest BCUT2D eigenvalue weighted by Crippen LogP contribution is -1.93. The van der Waals surface area contributed by atoms with E-state index in [2.05, 4.69) is 11.8 Å². The second-order valence-electron chi connectivity index (χ2n) is 2.24. The number of hydrogen-bond acceptors (Lipinski definition) is 2. The third-order valence-electron chi connectivity index (χ3n) is 1.36. The second-order valence-corrected chi connectivity index (χ2v) is 2.64. The van der Waals surface area contributed by atoms with Crippen LogP contribution in [0, 0.1) is 17.7 Å². The van der Waals surface area contributed by atoms with Crippen LogP contribution >= 0.6 is 11.6 Å². The summed E-state index contributed by atoms with van der Waals surface area (Å²) in [7, 11) is 0. The maximum atomic E-state index is 12.7. The molecule has 0 aliphatic heterocycles. The summed E-state index contributed by atoms with van der Waals surface area (Å²) < 4.78 is 12.7. The first-order chi connectivity index (χ1) is 6.15. The molecule has 1 rings (SSSR count). The van der Waals surface area contributed by atoms with Crippen molar-refractivity contribution in [1.82, 2.24) is 0 Å². The van der Waals surface area contributed by atoms with E-state index in [1.165, 1.54) is 0 Å². The minimum atomic E-state index is -0.533. The van der Waals surface area contributed by atoms with Crippen LogP contribution in [0.2, 0.25) is 5.02 Å². The Labute approximate surface area is 79.5 Å². The zero-order chi connectivity index (χ0) is 9.84. The van der Waals surface area contributed by atoms with Crippen LogP contribution in [0.15, 0.2) is 12.1 Å². The molecular weight excluding hydrogens is 193 g/mol. The van der Waals surface area contributed by atoms with Crippen molar-refractivity contribution in [3.05, 3.63) is 28.5 Å². The molecule has 0 aliphatic carbocycles. The summed E-state index contributed by atoms with van der Waals surface area (Å²) in [5.41, 5.74) is 5.87. The van der Waals surface area contributed by atoms with Crippen LogP contribution in [0.3, 0.4) is 0 Å². The first-order valence-electron chi connectivity index (χ1n) is 3.35. The number of aldehydes is 1. The first kappa shape index (κ1) is 9.56. The van der Waals surface area contributed by atoms with Crippen LogP contribution in [0.5, 0.6) is 0 Å². The Morgan fingerprint density at radius 2 is 2.23 bits per heavy atom. The fourth-order valence-corrected chi connectivity index (χ4v) is 1.00. The number of nitrogens with two attached hydrogens (primary N) is 1. The zero-order valence-electron chi connectivity index (χ0n) is 6.47. The zero-order valence-corrected chi connectivity index (χ0v) is 7.23. The van der Waals surface area contributed by atoms with Gasteiger partial charge in [0.1, 0.15) is 5.82 Å². The summed E-state index contributed by atoms with van der Waals surface area (Å²) in [4.78, 5) is 9.92.